The number of amides is 2. The first-order valence-electron chi connectivity index (χ1n) is 5.92. The minimum absolute atomic E-state index is 0.00185. The molecule has 92 valence electrons. The van der Waals surface area contributed by atoms with Gasteiger partial charge < -0.3 is 4.90 Å². The second-order valence-corrected chi connectivity index (χ2v) is 6.46. The van der Waals surface area contributed by atoms with Gasteiger partial charge in [0.1, 0.15) is 0 Å². The van der Waals surface area contributed by atoms with Crippen LogP contribution in [0.25, 0.3) is 0 Å². The number of anilines is 1. The van der Waals surface area contributed by atoms with Crippen molar-refractivity contribution >= 4 is 34.3 Å². The van der Waals surface area contributed by atoms with Crippen LogP contribution in [0, 0.1) is 0 Å². The molecule has 2 fully saturated rings. The van der Waals surface area contributed by atoms with Crippen LogP contribution < -0.4 is 5.32 Å². The summed E-state index contributed by atoms with van der Waals surface area (Å²) in [6.45, 7) is 1.69. The van der Waals surface area contributed by atoms with Gasteiger partial charge in [0.05, 0.1) is 5.69 Å². The number of urea groups is 1. The summed E-state index contributed by atoms with van der Waals surface area (Å²) in [5.74, 6) is 2.74. The Labute approximate surface area is 109 Å². The number of nitrogens with zero attached hydrogens (tertiary/aromatic N) is 2. The quantitative estimate of drug-likeness (QED) is 0.897. The molecule has 2 heterocycles. The van der Waals surface area contributed by atoms with Crippen LogP contribution in [0.3, 0.4) is 0 Å². The van der Waals surface area contributed by atoms with E-state index in [1.807, 2.05) is 16.7 Å². The number of carbonyl (C=O) groups excluding carboxylic acids is 1. The van der Waals surface area contributed by atoms with Gasteiger partial charge in [-0.25, -0.2) is 9.78 Å². The predicted octanol–water partition coefficient (Wildman–Crippen LogP) is 2.60. The molecule has 0 bridgehead atoms. The first kappa shape index (κ1) is 11.3. The molecule has 17 heavy (non-hydrogen) atoms. The van der Waals surface area contributed by atoms with Crippen molar-refractivity contribution in [2.45, 2.75) is 18.8 Å². The van der Waals surface area contributed by atoms with Crippen LogP contribution in [0.2, 0.25) is 0 Å². The van der Waals surface area contributed by atoms with Gasteiger partial charge in [-0.15, -0.1) is 11.3 Å². The minimum atomic E-state index is 0.00185. The van der Waals surface area contributed by atoms with Crippen molar-refractivity contribution in [1.29, 1.82) is 0 Å². The van der Waals surface area contributed by atoms with E-state index < -0.39 is 0 Å². The van der Waals surface area contributed by atoms with Crippen molar-refractivity contribution in [3.8, 4) is 0 Å². The molecule has 0 radical (unpaired) electrons. The fourth-order valence-corrected chi connectivity index (χ4v) is 3.53. The van der Waals surface area contributed by atoms with Crippen molar-refractivity contribution in [3.63, 3.8) is 0 Å². The van der Waals surface area contributed by atoms with Crippen molar-refractivity contribution < 1.29 is 4.79 Å². The topological polar surface area (TPSA) is 45.2 Å². The molecule has 3 rings (SSSR count). The Balaban J connectivity index is 1.58. The van der Waals surface area contributed by atoms with Gasteiger partial charge in [0.2, 0.25) is 0 Å². The van der Waals surface area contributed by atoms with Crippen LogP contribution in [0.15, 0.2) is 5.38 Å². The lowest BCUT2D eigenvalue weighted by Gasteiger charge is -2.25. The van der Waals surface area contributed by atoms with E-state index >= 15 is 0 Å². The molecule has 1 saturated carbocycles. The molecular weight excluding hydrogens is 254 g/mol. The lowest BCUT2D eigenvalue weighted by molar-refractivity contribution is 0.217. The van der Waals surface area contributed by atoms with Gasteiger partial charge >= 0.3 is 6.03 Å². The van der Waals surface area contributed by atoms with Gasteiger partial charge in [-0.1, -0.05) is 0 Å². The van der Waals surface area contributed by atoms with Crippen molar-refractivity contribution in [3.05, 3.63) is 11.1 Å². The zero-order valence-corrected chi connectivity index (χ0v) is 11.1. The highest BCUT2D eigenvalue weighted by Crippen LogP contribution is 2.40. The van der Waals surface area contributed by atoms with Crippen LogP contribution in [0.4, 0.5) is 9.93 Å². The molecule has 1 aliphatic heterocycles. The fraction of sp³-hybridized carbons (Fsp3) is 0.636. The summed E-state index contributed by atoms with van der Waals surface area (Å²) in [6, 6.07) is 0.00185. The number of thioether (sulfide) groups is 1. The van der Waals surface area contributed by atoms with E-state index in [-0.39, 0.29) is 6.03 Å². The van der Waals surface area contributed by atoms with Crippen molar-refractivity contribution in [1.82, 2.24) is 9.88 Å². The molecule has 1 saturated heterocycles. The van der Waals surface area contributed by atoms with Crippen LogP contribution >= 0.6 is 23.1 Å². The maximum atomic E-state index is 11.9. The Morgan fingerprint density at radius 2 is 2.18 bits per heavy atom. The standard InChI is InChI=1S/C11H15N3OS2/c15-11(14-3-5-16-6-4-14)13-10-12-9(7-17-10)8-1-2-8/h7-8H,1-6H2,(H,12,13,15). The van der Waals surface area contributed by atoms with E-state index in [2.05, 4.69) is 15.7 Å². The van der Waals surface area contributed by atoms with Crippen LogP contribution in [0.1, 0.15) is 24.5 Å². The third-order valence-electron chi connectivity index (χ3n) is 3.03. The number of carbonyl (C=O) groups is 1. The van der Waals surface area contributed by atoms with Gasteiger partial charge in [0, 0.05) is 35.9 Å². The highest BCUT2D eigenvalue weighted by atomic mass is 32.2. The number of hydrogen-bond acceptors (Lipinski definition) is 4. The third kappa shape index (κ3) is 2.74. The Kier molecular flexibility index (Phi) is 3.24. The molecule has 0 atom stereocenters. The Hall–Kier alpha value is -0.750. The van der Waals surface area contributed by atoms with Gasteiger partial charge in [0.15, 0.2) is 5.13 Å². The monoisotopic (exact) mass is 269 g/mol. The lowest BCUT2D eigenvalue weighted by Crippen LogP contribution is -2.40. The van der Waals surface area contributed by atoms with Crippen LogP contribution in [-0.4, -0.2) is 40.5 Å². The van der Waals surface area contributed by atoms with Crippen LogP contribution in [0.5, 0.6) is 0 Å². The normalized spacial score (nSPS) is 20.4. The molecule has 1 aliphatic carbocycles. The summed E-state index contributed by atoms with van der Waals surface area (Å²) in [6.07, 6.45) is 2.50. The number of aromatic nitrogens is 1. The summed E-state index contributed by atoms with van der Waals surface area (Å²) >= 11 is 3.44. The van der Waals surface area contributed by atoms with Crippen LogP contribution in [-0.2, 0) is 0 Å². The van der Waals surface area contributed by atoms with Gasteiger partial charge in [0.25, 0.3) is 0 Å². The van der Waals surface area contributed by atoms with Crippen molar-refractivity contribution in [2.24, 2.45) is 0 Å². The minimum Gasteiger partial charge on any atom is -0.323 e. The van der Waals surface area contributed by atoms with Gasteiger partial charge in [-0.05, 0) is 12.8 Å². The molecule has 1 aromatic rings. The number of thiazole rings is 1. The Bertz CT molecular complexity index is 411. The Morgan fingerprint density at radius 3 is 2.88 bits per heavy atom. The maximum Gasteiger partial charge on any atom is 0.323 e. The van der Waals surface area contributed by atoms with Crippen molar-refractivity contribution in [2.75, 3.05) is 29.9 Å². The summed E-state index contributed by atoms with van der Waals surface area (Å²) in [5.41, 5.74) is 1.15. The maximum absolute atomic E-state index is 11.9. The largest absolute Gasteiger partial charge is 0.323 e. The molecule has 1 aromatic heterocycles. The summed E-state index contributed by atoms with van der Waals surface area (Å²) in [4.78, 5) is 18.3. The van der Waals surface area contributed by atoms with E-state index in [0.717, 1.165) is 35.4 Å². The number of rotatable bonds is 2. The average Bonchev–Trinajstić information content (AvgIpc) is 3.12. The molecule has 0 unspecified atom stereocenters. The third-order valence-corrected chi connectivity index (χ3v) is 4.75. The smallest absolute Gasteiger partial charge is 0.323 e. The number of hydrogen-bond donors (Lipinski definition) is 1. The van der Waals surface area contributed by atoms with Gasteiger partial charge in [-0.3, -0.25) is 5.32 Å². The molecule has 6 heteroatoms. The first-order chi connectivity index (χ1) is 8.33. The highest BCUT2D eigenvalue weighted by Gasteiger charge is 2.26. The van der Waals surface area contributed by atoms with E-state index in [1.165, 1.54) is 24.2 Å². The average molecular weight is 269 g/mol. The molecule has 4 nitrogen and oxygen atoms in total. The first-order valence-corrected chi connectivity index (χ1v) is 7.95. The zero-order chi connectivity index (χ0) is 11.7. The second kappa shape index (κ2) is 4.86. The van der Waals surface area contributed by atoms with E-state index in [9.17, 15) is 4.79 Å². The summed E-state index contributed by atoms with van der Waals surface area (Å²) in [5, 5.41) is 5.71. The second-order valence-electron chi connectivity index (χ2n) is 4.38. The molecule has 0 spiro atoms. The highest BCUT2D eigenvalue weighted by molar-refractivity contribution is 7.99. The van der Waals surface area contributed by atoms with E-state index in [0.29, 0.717) is 5.92 Å². The zero-order valence-electron chi connectivity index (χ0n) is 9.52. The van der Waals surface area contributed by atoms with E-state index in [4.69, 9.17) is 0 Å². The Morgan fingerprint density at radius 1 is 1.41 bits per heavy atom. The van der Waals surface area contributed by atoms with Gasteiger partial charge in [-0.2, -0.15) is 11.8 Å². The lowest BCUT2D eigenvalue weighted by atomic mass is 10.3. The summed E-state index contributed by atoms with van der Waals surface area (Å²) in [7, 11) is 0. The molecule has 2 amide bonds. The molecular formula is C11H15N3OS2. The fourth-order valence-electron chi connectivity index (χ4n) is 1.85. The number of nitrogens with one attached hydrogen (secondary N) is 1. The SMILES string of the molecule is O=C(Nc1nc(C2CC2)cs1)N1CCSCC1. The molecule has 1 N–H and O–H groups in total. The molecule has 0 aromatic carbocycles. The van der Waals surface area contributed by atoms with E-state index in [1.54, 1.807) is 0 Å². The molecule has 2 aliphatic rings. The predicted molar refractivity (Wildman–Crippen MR) is 72.0 cm³/mol. The summed E-state index contributed by atoms with van der Waals surface area (Å²) < 4.78 is 0.